The molecule has 7 heteroatoms. The topological polar surface area (TPSA) is 54.0 Å². The van der Waals surface area contributed by atoms with Gasteiger partial charge < -0.3 is 24.8 Å². The summed E-state index contributed by atoms with van der Waals surface area (Å²) in [5.74, 6) is 1.37. The summed E-state index contributed by atoms with van der Waals surface area (Å²) in [4.78, 5) is 2.39. The Morgan fingerprint density at radius 2 is 1.83 bits per heavy atom. The van der Waals surface area contributed by atoms with E-state index < -0.39 is 0 Å². The van der Waals surface area contributed by atoms with E-state index in [2.05, 4.69) is 24.1 Å². The molecule has 0 unspecified atom stereocenters. The Hall–Kier alpha value is -0.720. The van der Waals surface area contributed by atoms with E-state index >= 15 is 0 Å². The van der Waals surface area contributed by atoms with E-state index in [1.54, 1.807) is 7.11 Å². The lowest BCUT2D eigenvalue weighted by Gasteiger charge is -2.18. The molecule has 0 aliphatic rings. The normalized spacial score (nSPS) is 9.96. The van der Waals surface area contributed by atoms with Crippen molar-refractivity contribution in [1.29, 1.82) is 0 Å². The number of ether oxygens (including phenoxy) is 2. The van der Waals surface area contributed by atoms with Crippen LogP contribution >= 0.6 is 24.8 Å². The maximum atomic E-state index is 8.79. The first-order valence-corrected chi connectivity index (χ1v) is 7.58. The summed E-state index contributed by atoms with van der Waals surface area (Å²) in [6.07, 6.45) is 0. The van der Waals surface area contributed by atoms with Crippen molar-refractivity contribution < 1.29 is 14.6 Å². The SMILES string of the molecule is CCN(CC)CCNCc1ccc(OCCO)c(OC)c1.Cl.Cl. The molecular formula is C16H30Cl2N2O3. The number of aliphatic hydroxyl groups is 1. The van der Waals surface area contributed by atoms with Crippen molar-refractivity contribution in [3.8, 4) is 11.5 Å². The van der Waals surface area contributed by atoms with Gasteiger partial charge in [-0.15, -0.1) is 24.8 Å². The highest BCUT2D eigenvalue weighted by Crippen LogP contribution is 2.27. The summed E-state index contributed by atoms with van der Waals surface area (Å²) in [6.45, 7) is 9.63. The zero-order chi connectivity index (χ0) is 15.5. The lowest BCUT2D eigenvalue weighted by atomic mass is 10.2. The van der Waals surface area contributed by atoms with Crippen LogP contribution in [0.25, 0.3) is 0 Å². The predicted molar refractivity (Wildman–Crippen MR) is 99.6 cm³/mol. The van der Waals surface area contributed by atoms with E-state index in [-0.39, 0.29) is 38.0 Å². The standard InChI is InChI=1S/C16H28N2O3.2ClH/c1-4-18(5-2)9-8-17-13-14-6-7-15(21-11-10-19)16(12-14)20-3;;/h6-7,12,17,19H,4-5,8-11,13H2,1-3H3;2*1H. The van der Waals surface area contributed by atoms with Gasteiger partial charge in [-0.3, -0.25) is 0 Å². The van der Waals surface area contributed by atoms with Crippen molar-refractivity contribution in [3.05, 3.63) is 23.8 Å². The van der Waals surface area contributed by atoms with Crippen LogP contribution in [0.2, 0.25) is 0 Å². The number of benzene rings is 1. The number of hydrogen-bond donors (Lipinski definition) is 2. The largest absolute Gasteiger partial charge is 0.493 e. The molecular weight excluding hydrogens is 339 g/mol. The second kappa shape index (κ2) is 14.8. The third-order valence-electron chi connectivity index (χ3n) is 3.41. The minimum atomic E-state index is -0.00216. The first-order valence-electron chi connectivity index (χ1n) is 7.58. The predicted octanol–water partition coefficient (Wildman–Crippen LogP) is 2.34. The van der Waals surface area contributed by atoms with Crippen molar-refractivity contribution in [2.75, 3.05) is 46.5 Å². The van der Waals surface area contributed by atoms with Crippen molar-refractivity contribution in [2.45, 2.75) is 20.4 Å². The fourth-order valence-electron chi connectivity index (χ4n) is 2.11. The van der Waals surface area contributed by atoms with Crippen LogP contribution in [0, 0.1) is 0 Å². The van der Waals surface area contributed by atoms with Gasteiger partial charge in [0.2, 0.25) is 0 Å². The third kappa shape index (κ3) is 9.23. The van der Waals surface area contributed by atoms with Crippen LogP contribution in [0.3, 0.4) is 0 Å². The van der Waals surface area contributed by atoms with Crippen LogP contribution in [0.4, 0.5) is 0 Å². The minimum Gasteiger partial charge on any atom is -0.493 e. The van der Waals surface area contributed by atoms with Crippen LogP contribution in [0.5, 0.6) is 11.5 Å². The van der Waals surface area contributed by atoms with Crippen LogP contribution in [-0.2, 0) is 6.54 Å². The molecule has 0 saturated heterocycles. The second-order valence-electron chi connectivity index (χ2n) is 4.76. The zero-order valence-electron chi connectivity index (χ0n) is 14.2. The highest BCUT2D eigenvalue weighted by Gasteiger charge is 2.06. The molecule has 0 bridgehead atoms. The number of halogens is 2. The molecule has 1 rings (SSSR count). The maximum Gasteiger partial charge on any atom is 0.161 e. The van der Waals surface area contributed by atoms with Crippen LogP contribution < -0.4 is 14.8 Å². The molecule has 136 valence electrons. The number of likely N-dealkylation sites (N-methyl/N-ethyl adjacent to an activating group) is 1. The molecule has 5 nitrogen and oxygen atoms in total. The number of nitrogens with zero attached hydrogens (tertiary/aromatic N) is 1. The first kappa shape index (κ1) is 24.5. The number of nitrogens with one attached hydrogen (secondary N) is 1. The lowest BCUT2D eigenvalue weighted by Crippen LogP contribution is -2.31. The van der Waals surface area contributed by atoms with Gasteiger partial charge in [0.05, 0.1) is 13.7 Å². The molecule has 0 radical (unpaired) electrons. The Kier molecular flexibility index (Phi) is 15.8. The summed E-state index contributed by atoms with van der Waals surface area (Å²) >= 11 is 0. The molecule has 23 heavy (non-hydrogen) atoms. The van der Waals surface area contributed by atoms with Crippen LogP contribution in [-0.4, -0.2) is 56.5 Å². The summed E-state index contributed by atoms with van der Waals surface area (Å²) in [5.41, 5.74) is 1.16. The Labute approximate surface area is 152 Å². The number of hydrogen-bond acceptors (Lipinski definition) is 5. The maximum absolute atomic E-state index is 8.79. The highest BCUT2D eigenvalue weighted by atomic mass is 35.5. The van der Waals surface area contributed by atoms with Gasteiger partial charge >= 0.3 is 0 Å². The van der Waals surface area contributed by atoms with Crippen molar-refractivity contribution >= 4 is 24.8 Å². The molecule has 0 heterocycles. The molecule has 1 aromatic rings. The van der Waals surface area contributed by atoms with Gasteiger partial charge in [-0.2, -0.15) is 0 Å². The lowest BCUT2D eigenvalue weighted by molar-refractivity contribution is 0.196. The van der Waals surface area contributed by atoms with Crippen molar-refractivity contribution in [1.82, 2.24) is 10.2 Å². The van der Waals surface area contributed by atoms with Crippen LogP contribution in [0.15, 0.2) is 18.2 Å². The van der Waals surface area contributed by atoms with Gasteiger partial charge in [0.15, 0.2) is 11.5 Å². The first-order chi connectivity index (χ1) is 10.2. The quantitative estimate of drug-likeness (QED) is 0.587. The minimum absolute atomic E-state index is 0. The Balaban J connectivity index is 0. The Morgan fingerprint density at radius 1 is 1.13 bits per heavy atom. The number of aliphatic hydroxyl groups excluding tert-OH is 1. The van der Waals surface area contributed by atoms with E-state index in [1.807, 2.05) is 18.2 Å². The average molecular weight is 369 g/mol. The molecule has 0 aliphatic carbocycles. The molecule has 1 aromatic carbocycles. The summed E-state index contributed by atoms with van der Waals surface area (Å²) in [7, 11) is 1.62. The van der Waals surface area contributed by atoms with Gasteiger partial charge in [-0.25, -0.2) is 0 Å². The number of methoxy groups -OCH3 is 1. The molecule has 0 saturated carbocycles. The van der Waals surface area contributed by atoms with E-state index in [9.17, 15) is 0 Å². The smallest absolute Gasteiger partial charge is 0.161 e. The van der Waals surface area contributed by atoms with Gasteiger partial charge in [0.1, 0.15) is 6.61 Å². The molecule has 0 aliphatic heterocycles. The fraction of sp³-hybridized carbons (Fsp3) is 0.625. The zero-order valence-corrected chi connectivity index (χ0v) is 15.8. The molecule has 2 N–H and O–H groups in total. The summed E-state index contributed by atoms with van der Waals surface area (Å²) < 4.78 is 10.7. The monoisotopic (exact) mass is 368 g/mol. The Bertz CT molecular complexity index is 405. The van der Waals surface area contributed by atoms with Gasteiger partial charge in [0.25, 0.3) is 0 Å². The third-order valence-corrected chi connectivity index (χ3v) is 3.41. The average Bonchev–Trinajstić information content (AvgIpc) is 2.53. The highest BCUT2D eigenvalue weighted by molar-refractivity contribution is 5.85. The molecule has 0 amide bonds. The molecule has 0 atom stereocenters. The Morgan fingerprint density at radius 3 is 2.39 bits per heavy atom. The number of rotatable bonds is 11. The van der Waals surface area contributed by atoms with E-state index in [0.717, 1.165) is 38.3 Å². The van der Waals surface area contributed by atoms with Crippen molar-refractivity contribution in [3.63, 3.8) is 0 Å². The van der Waals surface area contributed by atoms with E-state index in [4.69, 9.17) is 14.6 Å². The van der Waals surface area contributed by atoms with Gasteiger partial charge in [-0.05, 0) is 30.8 Å². The van der Waals surface area contributed by atoms with Gasteiger partial charge in [0, 0.05) is 19.6 Å². The second-order valence-corrected chi connectivity index (χ2v) is 4.76. The van der Waals surface area contributed by atoms with E-state index in [0.29, 0.717) is 11.5 Å². The van der Waals surface area contributed by atoms with Gasteiger partial charge in [-0.1, -0.05) is 19.9 Å². The summed E-state index contributed by atoms with van der Waals surface area (Å²) in [5, 5.41) is 12.2. The molecule has 0 fully saturated rings. The fourth-order valence-corrected chi connectivity index (χ4v) is 2.11. The van der Waals surface area contributed by atoms with E-state index in [1.165, 1.54) is 0 Å². The molecule has 0 spiro atoms. The molecule has 0 aromatic heterocycles. The summed E-state index contributed by atoms with van der Waals surface area (Å²) in [6, 6.07) is 5.87. The van der Waals surface area contributed by atoms with Crippen molar-refractivity contribution in [2.24, 2.45) is 0 Å². The van der Waals surface area contributed by atoms with Crippen LogP contribution in [0.1, 0.15) is 19.4 Å².